The number of allylic oxidation sites excluding steroid dienone is 1. The Balaban J connectivity index is 1.60. The summed E-state index contributed by atoms with van der Waals surface area (Å²) in [5.41, 5.74) is 2.70. The Kier molecular flexibility index (Phi) is 7.59. The highest BCUT2D eigenvalue weighted by atomic mass is 16.6. The van der Waals surface area contributed by atoms with E-state index in [9.17, 15) is 19.7 Å². The molecule has 0 radical (unpaired) electrons. The first-order valence-corrected chi connectivity index (χ1v) is 11.9. The lowest BCUT2D eigenvalue weighted by Crippen LogP contribution is -3.09. The second-order valence-electron chi connectivity index (χ2n) is 9.27. The second kappa shape index (κ2) is 10.8. The summed E-state index contributed by atoms with van der Waals surface area (Å²) in [4.78, 5) is 43.1. The summed E-state index contributed by atoms with van der Waals surface area (Å²) in [5.74, 6) is -2.83. The third-order valence-corrected chi connectivity index (χ3v) is 6.85. The molecular formula is C27H30N3O6+. The van der Waals surface area contributed by atoms with E-state index in [0.717, 1.165) is 19.5 Å². The number of hydrogen-bond acceptors (Lipinski definition) is 7. The molecule has 9 nitrogen and oxygen atoms in total. The van der Waals surface area contributed by atoms with Crippen LogP contribution in [0.25, 0.3) is 0 Å². The van der Waals surface area contributed by atoms with Crippen LogP contribution in [0.3, 0.4) is 0 Å². The quantitative estimate of drug-likeness (QED) is 0.361. The van der Waals surface area contributed by atoms with Gasteiger partial charge < -0.3 is 14.4 Å². The molecule has 9 heteroatoms. The number of nitro benzene ring substituents is 1. The molecule has 4 atom stereocenters. The van der Waals surface area contributed by atoms with Crippen molar-refractivity contribution < 1.29 is 28.9 Å². The highest BCUT2D eigenvalue weighted by Gasteiger charge is 2.43. The molecule has 1 N–H and O–H groups in total. The molecule has 0 aromatic heterocycles. The van der Waals surface area contributed by atoms with E-state index in [-0.39, 0.29) is 17.4 Å². The SMILES string of the molecule is COC(=O)C1C(C)=NC(C)=C(C(=O)OC2CC[NH+](Cc3ccccc3)C2)C1c1cccc([N+](=O)[O-])c1. The molecule has 0 amide bonds. The van der Waals surface area contributed by atoms with Crippen LogP contribution in [0.15, 0.2) is 70.9 Å². The largest absolute Gasteiger partial charge is 0.468 e. The van der Waals surface area contributed by atoms with Crippen molar-refractivity contribution in [1.29, 1.82) is 0 Å². The van der Waals surface area contributed by atoms with E-state index in [4.69, 9.17) is 9.47 Å². The first-order chi connectivity index (χ1) is 17.3. The number of nitro groups is 1. The fourth-order valence-electron chi connectivity index (χ4n) is 5.18. The molecular weight excluding hydrogens is 462 g/mol. The molecule has 0 aliphatic carbocycles. The molecule has 0 bridgehead atoms. The minimum atomic E-state index is -0.896. The van der Waals surface area contributed by atoms with Gasteiger partial charge in [0.2, 0.25) is 0 Å². The van der Waals surface area contributed by atoms with Crippen molar-refractivity contribution in [3.8, 4) is 0 Å². The van der Waals surface area contributed by atoms with Crippen LogP contribution in [0.5, 0.6) is 0 Å². The lowest BCUT2D eigenvalue weighted by atomic mass is 9.75. The number of non-ortho nitro benzene ring substituents is 1. The molecule has 2 aromatic carbocycles. The van der Waals surface area contributed by atoms with Crippen molar-refractivity contribution in [3.05, 3.63) is 87.1 Å². The van der Waals surface area contributed by atoms with Crippen LogP contribution in [0.1, 0.15) is 37.3 Å². The van der Waals surface area contributed by atoms with Crippen LogP contribution in [0.2, 0.25) is 0 Å². The number of methoxy groups -OCH3 is 1. The number of carbonyl (C=O) groups excluding carboxylic acids is 2. The van der Waals surface area contributed by atoms with Gasteiger partial charge in [-0.2, -0.15) is 0 Å². The molecule has 2 aliphatic rings. The summed E-state index contributed by atoms with van der Waals surface area (Å²) in [6, 6.07) is 16.1. The molecule has 2 heterocycles. The fraction of sp³-hybridized carbons (Fsp3) is 0.370. The predicted molar refractivity (Wildman–Crippen MR) is 132 cm³/mol. The number of hydrogen-bond donors (Lipinski definition) is 1. The van der Waals surface area contributed by atoms with E-state index in [0.29, 0.717) is 23.5 Å². The van der Waals surface area contributed by atoms with Gasteiger partial charge in [-0.05, 0) is 19.4 Å². The van der Waals surface area contributed by atoms with Gasteiger partial charge >= 0.3 is 11.9 Å². The average molecular weight is 493 g/mol. The Labute approximate surface area is 209 Å². The standard InChI is InChI=1S/C27H29N3O6/c1-17-23(26(31)35-3)25(20-10-7-11-21(14-20)30(33)34)24(18(2)28-17)27(32)36-22-12-13-29(16-22)15-19-8-5-4-6-9-19/h4-11,14,22-23,25H,12-13,15-16H2,1-3H3/p+1. The van der Waals surface area contributed by atoms with Crippen molar-refractivity contribution in [1.82, 2.24) is 0 Å². The van der Waals surface area contributed by atoms with Gasteiger partial charge in [0.15, 0.2) is 6.10 Å². The van der Waals surface area contributed by atoms with E-state index in [1.165, 1.54) is 29.7 Å². The third kappa shape index (κ3) is 5.36. The fourth-order valence-corrected chi connectivity index (χ4v) is 5.18. The van der Waals surface area contributed by atoms with Crippen LogP contribution in [0.4, 0.5) is 5.69 Å². The van der Waals surface area contributed by atoms with E-state index in [1.807, 2.05) is 18.2 Å². The summed E-state index contributed by atoms with van der Waals surface area (Å²) in [5, 5.41) is 11.4. The van der Waals surface area contributed by atoms with Crippen LogP contribution in [-0.2, 0) is 25.6 Å². The van der Waals surface area contributed by atoms with Gasteiger partial charge in [-0.25, -0.2) is 4.79 Å². The number of carbonyl (C=O) groups is 2. The minimum Gasteiger partial charge on any atom is -0.468 e. The van der Waals surface area contributed by atoms with Gasteiger partial charge in [0.1, 0.15) is 19.0 Å². The zero-order chi connectivity index (χ0) is 25.8. The van der Waals surface area contributed by atoms with Gasteiger partial charge in [0.05, 0.1) is 24.2 Å². The summed E-state index contributed by atoms with van der Waals surface area (Å²) in [6.45, 7) is 5.79. The lowest BCUT2D eigenvalue weighted by Gasteiger charge is -2.31. The Morgan fingerprint density at radius 1 is 1.14 bits per heavy atom. The number of quaternary nitrogens is 1. The molecule has 0 saturated carbocycles. The molecule has 2 aromatic rings. The van der Waals surface area contributed by atoms with E-state index in [2.05, 4.69) is 17.1 Å². The Morgan fingerprint density at radius 3 is 2.58 bits per heavy atom. The van der Waals surface area contributed by atoms with Crippen LogP contribution in [-0.4, -0.2) is 48.9 Å². The molecule has 0 spiro atoms. The smallest absolute Gasteiger partial charge is 0.337 e. The number of nitrogens with zero attached hydrogens (tertiary/aromatic N) is 2. The van der Waals surface area contributed by atoms with Gasteiger partial charge in [0, 0.05) is 41.4 Å². The Hall–Kier alpha value is -3.85. The zero-order valence-electron chi connectivity index (χ0n) is 20.6. The summed E-state index contributed by atoms with van der Waals surface area (Å²) >= 11 is 0. The highest BCUT2D eigenvalue weighted by Crippen LogP contribution is 2.41. The Morgan fingerprint density at radius 2 is 1.89 bits per heavy atom. The van der Waals surface area contributed by atoms with E-state index in [1.54, 1.807) is 26.0 Å². The number of esters is 2. The molecule has 188 valence electrons. The molecule has 2 aliphatic heterocycles. The van der Waals surface area contributed by atoms with Crippen molar-refractivity contribution in [2.45, 2.75) is 38.8 Å². The zero-order valence-corrected chi connectivity index (χ0v) is 20.6. The molecule has 4 rings (SSSR count). The van der Waals surface area contributed by atoms with E-state index >= 15 is 0 Å². The van der Waals surface area contributed by atoms with Crippen LogP contribution in [0, 0.1) is 16.0 Å². The Bertz CT molecular complexity index is 1220. The number of benzene rings is 2. The van der Waals surface area contributed by atoms with Gasteiger partial charge in [-0.1, -0.05) is 42.5 Å². The van der Waals surface area contributed by atoms with Crippen molar-refractivity contribution in [2.75, 3.05) is 20.2 Å². The number of likely N-dealkylation sites (tertiary alicyclic amines) is 1. The molecule has 4 unspecified atom stereocenters. The predicted octanol–water partition coefficient (Wildman–Crippen LogP) is 2.62. The van der Waals surface area contributed by atoms with Crippen LogP contribution < -0.4 is 4.90 Å². The first-order valence-electron chi connectivity index (χ1n) is 11.9. The number of aliphatic imine (C=N–C) groups is 1. The monoisotopic (exact) mass is 492 g/mol. The van der Waals surface area contributed by atoms with E-state index < -0.39 is 28.7 Å². The minimum absolute atomic E-state index is 0.127. The maximum atomic E-state index is 13.6. The third-order valence-electron chi connectivity index (χ3n) is 6.85. The maximum Gasteiger partial charge on any atom is 0.337 e. The number of nitrogens with one attached hydrogen (secondary N) is 1. The molecule has 1 saturated heterocycles. The molecule has 36 heavy (non-hydrogen) atoms. The van der Waals surface area contributed by atoms with Crippen molar-refractivity contribution >= 4 is 23.3 Å². The van der Waals surface area contributed by atoms with Crippen LogP contribution >= 0.6 is 0 Å². The van der Waals surface area contributed by atoms with Crippen molar-refractivity contribution in [2.24, 2.45) is 10.9 Å². The van der Waals surface area contributed by atoms with Gasteiger partial charge in [0.25, 0.3) is 5.69 Å². The summed E-state index contributed by atoms with van der Waals surface area (Å²) in [7, 11) is 1.27. The average Bonchev–Trinajstić information content (AvgIpc) is 3.30. The number of rotatable bonds is 7. The molecule has 1 fully saturated rings. The second-order valence-corrected chi connectivity index (χ2v) is 9.27. The lowest BCUT2D eigenvalue weighted by molar-refractivity contribution is -0.902. The summed E-state index contributed by atoms with van der Waals surface area (Å²) in [6.07, 6.45) is 0.454. The van der Waals surface area contributed by atoms with Crippen molar-refractivity contribution in [3.63, 3.8) is 0 Å². The van der Waals surface area contributed by atoms with Gasteiger partial charge in [-0.3, -0.25) is 19.9 Å². The maximum absolute atomic E-state index is 13.6. The topological polar surface area (TPSA) is 113 Å². The normalized spacial score (nSPS) is 23.7. The summed E-state index contributed by atoms with van der Waals surface area (Å²) < 4.78 is 11.0. The highest BCUT2D eigenvalue weighted by molar-refractivity contribution is 6.07. The first kappa shape index (κ1) is 25.2. The number of ether oxygens (including phenoxy) is 2. The van der Waals surface area contributed by atoms with Gasteiger partial charge in [-0.15, -0.1) is 0 Å².